The molecule has 0 aliphatic heterocycles. The van der Waals surface area contributed by atoms with Gasteiger partial charge in [-0.15, -0.1) is 0 Å². The first-order chi connectivity index (χ1) is 11.0. The Morgan fingerprint density at radius 1 is 1.17 bits per heavy atom. The molecule has 1 aromatic heterocycles. The van der Waals surface area contributed by atoms with Gasteiger partial charge in [0.05, 0.1) is 0 Å². The predicted octanol–water partition coefficient (Wildman–Crippen LogP) is 2.83. The summed E-state index contributed by atoms with van der Waals surface area (Å²) >= 11 is 0. The van der Waals surface area contributed by atoms with Crippen LogP contribution in [-0.2, 0) is 24.1 Å². The smallest absolute Gasteiger partial charge is 0.326 e. The van der Waals surface area contributed by atoms with Gasteiger partial charge in [-0.2, -0.15) is 0 Å². The summed E-state index contributed by atoms with van der Waals surface area (Å²) in [7, 11) is 0. The number of carbonyl (C=O) groups excluding carboxylic acids is 1. The molecule has 23 heavy (non-hydrogen) atoms. The third kappa shape index (κ3) is 4.22. The van der Waals surface area contributed by atoms with Gasteiger partial charge >= 0.3 is 5.97 Å². The molecule has 0 aliphatic carbocycles. The number of hydrogen-bond donors (Lipinski definition) is 2. The second kappa shape index (κ2) is 7.63. The van der Waals surface area contributed by atoms with E-state index in [1.165, 1.54) is 0 Å². The average molecular weight is 315 g/mol. The van der Waals surface area contributed by atoms with Gasteiger partial charge in [0.25, 0.3) is 5.91 Å². The highest BCUT2D eigenvalue weighted by atomic mass is 16.4. The Hall–Kier alpha value is -2.56. The van der Waals surface area contributed by atoms with Gasteiger partial charge in [-0.05, 0) is 23.6 Å². The maximum atomic E-state index is 12.3. The molecular formula is C18H21NO4. The summed E-state index contributed by atoms with van der Waals surface area (Å²) in [5, 5.41) is 11.9. The maximum absolute atomic E-state index is 12.3. The van der Waals surface area contributed by atoms with Crippen molar-refractivity contribution in [2.45, 2.75) is 39.2 Å². The summed E-state index contributed by atoms with van der Waals surface area (Å²) in [5.41, 5.74) is 1.83. The number of aryl methyl sites for hydroxylation is 2. The number of aliphatic carboxylic acids is 1. The Labute approximate surface area is 135 Å². The molecule has 122 valence electrons. The Bertz CT molecular complexity index is 654. The number of hydrogen-bond acceptors (Lipinski definition) is 3. The van der Waals surface area contributed by atoms with Crippen LogP contribution in [-0.4, -0.2) is 23.0 Å². The van der Waals surface area contributed by atoms with Crippen LogP contribution < -0.4 is 5.32 Å². The minimum atomic E-state index is -1.07. The van der Waals surface area contributed by atoms with Crippen molar-refractivity contribution in [2.75, 3.05) is 0 Å². The van der Waals surface area contributed by atoms with E-state index in [1.54, 1.807) is 6.07 Å². The lowest BCUT2D eigenvalue weighted by atomic mass is 10.1. The van der Waals surface area contributed by atoms with Gasteiger partial charge in [-0.3, -0.25) is 4.79 Å². The van der Waals surface area contributed by atoms with Gasteiger partial charge in [0.15, 0.2) is 5.76 Å². The second-order valence-corrected chi connectivity index (χ2v) is 5.32. The van der Waals surface area contributed by atoms with E-state index in [2.05, 4.69) is 5.32 Å². The fourth-order valence-corrected chi connectivity index (χ4v) is 2.46. The van der Waals surface area contributed by atoms with Crippen LogP contribution in [0.1, 0.15) is 41.3 Å². The van der Waals surface area contributed by atoms with Gasteiger partial charge in [0, 0.05) is 12.8 Å². The van der Waals surface area contributed by atoms with Crippen molar-refractivity contribution in [1.82, 2.24) is 5.32 Å². The molecule has 5 nitrogen and oxygen atoms in total. The number of benzene rings is 1. The third-order valence-electron chi connectivity index (χ3n) is 3.71. The molecule has 0 aliphatic rings. The second-order valence-electron chi connectivity index (χ2n) is 5.32. The summed E-state index contributed by atoms with van der Waals surface area (Å²) in [6.07, 6.45) is 1.69. The average Bonchev–Trinajstić information content (AvgIpc) is 2.98. The standard InChI is InChI=1S/C18H21NO4/c1-3-13-11-16(23-15(13)4-2)17(20)19-14(18(21)22)10-12-8-6-5-7-9-12/h5-9,11,14H,3-4,10H2,1-2H3,(H,19,20)(H,21,22). The lowest BCUT2D eigenvalue weighted by Gasteiger charge is -2.13. The molecule has 0 radical (unpaired) electrons. The molecule has 0 bridgehead atoms. The summed E-state index contributed by atoms with van der Waals surface area (Å²) < 4.78 is 5.54. The summed E-state index contributed by atoms with van der Waals surface area (Å²) in [4.78, 5) is 23.7. The van der Waals surface area contributed by atoms with Gasteiger partial charge in [-0.1, -0.05) is 44.2 Å². The van der Waals surface area contributed by atoms with E-state index in [4.69, 9.17) is 4.42 Å². The molecule has 1 unspecified atom stereocenters. The van der Waals surface area contributed by atoms with Gasteiger partial charge in [0.2, 0.25) is 0 Å². The van der Waals surface area contributed by atoms with Gasteiger partial charge < -0.3 is 14.8 Å². The first-order valence-electron chi connectivity index (χ1n) is 7.74. The van der Waals surface area contributed by atoms with Crippen LogP contribution in [0.5, 0.6) is 0 Å². The van der Waals surface area contributed by atoms with Crippen molar-refractivity contribution in [3.63, 3.8) is 0 Å². The highest BCUT2D eigenvalue weighted by Crippen LogP contribution is 2.17. The zero-order valence-electron chi connectivity index (χ0n) is 13.3. The SMILES string of the molecule is CCc1cc(C(=O)NC(Cc2ccccc2)C(=O)O)oc1CC. The van der Waals surface area contributed by atoms with Crippen LogP contribution >= 0.6 is 0 Å². The number of rotatable bonds is 7. The fourth-order valence-electron chi connectivity index (χ4n) is 2.46. The third-order valence-corrected chi connectivity index (χ3v) is 3.71. The molecular weight excluding hydrogens is 294 g/mol. The zero-order chi connectivity index (χ0) is 16.8. The lowest BCUT2D eigenvalue weighted by Crippen LogP contribution is -2.42. The van der Waals surface area contributed by atoms with E-state index in [0.717, 1.165) is 23.3 Å². The minimum absolute atomic E-state index is 0.165. The molecule has 1 amide bonds. The minimum Gasteiger partial charge on any atom is -0.480 e. The largest absolute Gasteiger partial charge is 0.480 e. The molecule has 0 saturated carbocycles. The van der Waals surface area contributed by atoms with Crippen molar-refractivity contribution >= 4 is 11.9 Å². The summed E-state index contributed by atoms with van der Waals surface area (Å²) in [6.45, 7) is 3.94. The van der Waals surface area contributed by atoms with E-state index in [1.807, 2.05) is 44.2 Å². The molecule has 2 N–H and O–H groups in total. The molecule has 0 fully saturated rings. The van der Waals surface area contributed by atoms with E-state index in [0.29, 0.717) is 6.42 Å². The molecule has 0 spiro atoms. The Morgan fingerprint density at radius 2 is 1.87 bits per heavy atom. The van der Waals surface area contributed by atoms with E-state index in [-0.39, 0.29) is 12.2 Å². The van der Waals surface area contributed by atoms with Crippen molar-refractivity contribution in [1.29, 1.82) is 0 Å². The van der Waals surface area contributed by atoms with E-state index >= 15 is 0 Å². The quantitative estimate of drug-likeness (QED) is 0.823. The summed E-state index contributed by atoms with van der Waals surface area (Å²) in [6, 6.07) is 9.89. The predicted molar refractivity (Wildman–Crippen MR) is 86.5 cm³/mol. The molecule has 0 saturated heterocycles. The molecule has 2 aromatic rings. The van der Waals surface area contributed by atoms with Crippen molar-refractivity contribution in [3.8, 4) is 0 Å². The highest BCUT2D eigenvalue weighted by molar-refractivity contribution is 5.94. The number of carboxylic acid groups (broad SMARTS) is 1. The molecule has 1 heterocycles. The van der Waals surface area contributed by atoms with Crippen LogP contribution in [0.3, 0.4) is 0 Å². The zero-order valence-corrected chi connectivity index (χ0v) is 13.3. The Morgan fingerprint density at radius 3 is 2.39 bits per heavy atom. The van der Waals surface area contributed by atoms with Crippen LogP contribution in [0, 0.1) is 0 Å². The normalized spacial score (nSPS) is 11.9. The van der Waals surface area contributed by atoms with Gasteiger partial charge in [0.1, 0.15) is 11.8 Å². The topological polar surface area (TPSA) is 79.5 Å². The Kier molecular flexibility index (Phi) is 5.57. The maximum Gasteiger partial charge on any atom is 0.326 e. The van der Waals surface area contributed by atoms with Crippen molar-refractivity contribution in [3.05, 3.63) is 59.0 Å². The number of amides is 1. The summed E-state index contributed by atoms with van der Waals surface area (Å²) in [5.74, 6) is -0.631. The molecule has 1 aromatic carbocycles. The number of nitrogens with one attached hydrogen (secondary N) is 1. The first kappa shape index (κ1) is 16.8. The fraction of sp³-hybridized carbons (Fsp3) is 0.333. The van der Waals surface area contributed by atoms with E-state index in [9.17, 15) is 14.7 Å². The monoisotopic (exact) mass is 315 g/mol. The first-order valence-corrected chi connectivity index (χ1v) is 7.74. The number of carboxylic acids is 1. The van der Waals surface area contributed by atoms with Gasteiger partial charge in [-0.25, -0.2) is 4.79 Å². The number of furan rings is 1. The molecule has 1 atom stereocenters. The number of carbonyl (C=O) groups is 2. The van der Waals surface area contributed by atoms with E-state index < -0.39 is 17.9 Å². The Balaban J connectivity index is 2.12. The highest BCUT2D eigenvalue weighted by Gasteiger charge is 2.23. The van der Waals surface area contributed by atoms with Crippen molar-refractivity contribution < 1.29 is 19.1 Å². The van der Waals surface area contributed by atoms with Crippen LogP contribution in [0.2, 0.25) is 0 Å². The van der Waals surface area contributed by atoms with Crippen LogP contribution in [0.25, 0.3) is 0 Å². The molecule has 5 heteroatoms. The van der Waals surface area contributed by atoms with Crippen LogP contribution in [0.15, 0.2) is 40.8 Å². The van der Waals surface area contributed by atoms with Crippen molar-refractivity contribution in [2.24, 2.45) is 0 Å². The molecule has 2 rings (SSSR count). The van der Waals surface area contributed by atoms with Crippen LogP contribution in [0.4, 0.5) is 0 Å². The lowest BCUT2D eigenvalue weighted by molar-refractivity contribution is -0.139.